The predicted molar refractivity (Wildman–Crippen MR) is 63.3 cm³/mol. The molecule has 1 aromatic heterocycles. The van der Waals surface area contributed by atoms with Crippen molar-refractivity contribution in [3.63, 3.8) is 0 Å². The molecule has 0 unspecified atom stereocenters. The molecular weight excluding hydrogens is 265 g/mol. The Bertz CT molecular complexity index is 550. The molecule has 1 heterocycles. The molecule has 2 aromatic rings. The van der Waals surface area contributed by atoms with Crippen molar-refractivity contribution in [2.75, 3.05) is 0 Å². The minimum Gasteiger partial charge on any atom is -0.477 e. The maximum Gasteiger partial charge on any atom is 0.347 e. The molecule has 0 saturated heterocycles. The van der Waals surface area contributed by atoms with Gasteiger partial charge in [0.15, 0.2) is 0 Å². The number of hydrogen-bond donors (Lipinski definition) is 1. The van der Waals surface area contributed by atoms with Crippen molar-refractivity contribution < 1.29 is 14.3 Å². The number of carbonyl (C=O) groups is 1. The lowest BCUT2D eigenvalue weighted by atomic mass is 10.1. The van der Waals surface area contributed by atoms with Crippen molar-refractivity contribution in [1.82, 2.24) is 4.98 Å². The summed E-state index contributed by atoms with van der Waals surface area (Å²) in [5.74, 6) is -1.52. The largest absolute Gasteiger partial charge is 0.477 e. The normalized spacial score (nSPS) is 10.5. The van der Waals surface area contributed by atoms with E-state index in [2.05, 4.69) is 4.98 Å². The summed E-state index contributed by atoms with van der Waals surface area (Å²) in [7, 11) is 0. The van der Waals surface area contributed by atoms with Crippen molar-refractivity contribution in [1.29, 1.82) is 0 Å². The first-order chi connectivity index (χ1) is 8.09. The lowest BCUT2D eigenvalue weighted by molar-refractivity contribution is 0.0701. The quantitative estimate of drug-likeness (QED) is 0.932. The van der Waals surface area contributed by atoms with Crippen LogP contribution in [0.3, 0.4) is 0 Å². The van der Waals surface area contributed by atoms with E-state index in [0.29, 0.717) is 5.69 Å². The Morgan fingerprint density at radius 1 is 1.53 bits per heavy atom. The highest BCUT2D eigenvalue weighted by molar-refractivity contribution is 7.11. The Morgan fingerprint density at radius 2 is 2.29 bits per heavy atom. The number of thiazole rings is 1. The van der Waals surface area contributed by atoms with Gasteiger partial charge in [0.05, 0.1) is 11.2 Å². The van der Waals surface area contributed by atoms with Crippen LogP contribution in [-0.4, -0.2) is 16.1 Å². The molecule has 2 rings (SSSR count). The Kier molecular flexibility index (Phi) is 3.40. The van der Waals surface area contributed by atoms with Gasteiger partial charge in [-0.15, -0.1) is 11.3 Å². The average molecular weight is 272 g/mol. The van der Waals surface area contributed by atoms with Gasteiger partial charge in [0.2, 0.25) is 0 Å². The zero-order valence-corrected chi connectivity index (χ0v) is 10.1. The van der Waals surface area contributed by atoms with E-state index in [4.69, 9.17) is 16.7 Å². The number of aromatic nitrogens is 1. The first-order valence-corrected chi connectivity index (χ1v) is 5.94. The molecule has 0 spiro atoms. The number of halogens is 2. The van der Waals surface area contributed by atoms with Crippen LogP contribution >= 0.6 is 22.9 Å². The monoisotopic (exact) mass is 271 g/mol. The number of aromatic carboxylic acids is 1. The third-order valence-electron chi connectivity index (χ3n) is 2.24. The first kappa shape index (κ1) is 12.0. The van der Waals surface area contributed by atoms with Crippen LogP contribution in [0.25, 0.3) is 0 Å². The summed E-state index contributed by atoms with van der Waals surface area (Å²) in [6, 6.07) is 4.35. The van der Waals surface area contributed by atoms with Gasteiger partial charge in [-0.2, -0.15) is 0 Å². The second-order valence-corrected chi connectivity index (χ2v) is 4.57. The third kappa shape index (κ3) is 2.45. The van der Waals surface area contributed by atoms with Crippen LogP contribution in [0.2, 0.25) is 5.02 Å². The van der Waals surface area contributed by atoms with Gasteiger partial charge in [-0.1, -0.05) is 17.7 Å². The zero-order valence-electron chi connectivity index (χ0n) is 8.48. The molecule has 88 valence electrons. The molecule has 0 fully saturated rings. The summed E-state index contributed by atoms with van der Waals surface area (Å²) in [5, 5.41) is 9.19. The number of rotatable bonds is 3. The second-order valence-electron chi connectivity index (χ2n) is 3.31. The third-order valence-corrected chi connectivity index (χ3v) is 3.45. The highest BCUT2D eigenvalue weighted by Gasteiger charge is 2.16. The molecule has 0 aliphatic heterocycles. The Balaban J connectivity index is 2.38. The molecule has 1 aromatic carbocycles. The van der Waals surface area contributed by atoms with Crippen LogP contribution in [0.4, 0.5) is 4.39 Å². The molecule has 1 N–H and O–H groups in total. The lowest BCUT2D eigenvalue weighted by Gasteiger charge is -2.04. The first-order valence-electron chi connectivity index (χ1n) is 4.68. The summed E-state index contributed by atoms with van der Waals surface area (Å²) >= 11 is 6.88. The molecular formula is C11H7ClFNO2S. The van der Waals surface area contributed by atoms with Gasteiger partial charge >= 0.3 is 5.97 Å². The number of benzene rings is 1. The predicted octanol–water partition coefficient (Wildman–Crippen LogP) is 3.22. The molecule has 0 bridgehead atoms. The highest BCUT2D eigenvalue weighted by Crippen LogP contribution is 2.24. The molecule has 0 aliphatic rings. The maximum atomic E-state index is 13.5. The van der Waals surface area contributed by atoms with Crippen LogP contribution in [0.1, 0.15) is 20.9 Å². The van der Waals surface area contributed by atoms with Crippen molar-refractivity contribution >= 4 is 28.9 Å². The van der Waals surface area contributed by atoms with Crippen LogP contribution in [0.15, 0.2) is 23.7 Å². The van der Waals surface area contributed by atoms with Gasteiger partial charge in [-0.05, 0) is 12.1 Å². The summed E-state index contributed by atoms with van der Waals surface area (Å²) < 4.78 is 13.5. The van der Waals surface area contributed by atoms with E-state index in [1.54, 1.807) is 6.07 Å². The number of carboxylic acids is 1. The van der Waals surface area contributed by atoms with Gasteiger partial charge < -0.3 is 5.11 Å². The van der Waals surface area contributed by atoms with Crippen molar-refractivity contribution in [3.8, 4) is 0 Å². The summed E-state index contributed by atoms with van der Waals surface area (Å²) in [4.78, 5) is 14.9. The lowest BCUT2D eigenvalue weighted by Crippen LogP contribution is -2.01. The molecule has 17 heavy (non-hydrogen) atoms. The van der Waals surface area contributed by atoms with E-state index in [0.717, 1.165) is 11.3 Å². The van der Waals surface area contributed by atoms with E-state index in [1.165, 1.54) is 17.6 Å². The Labute approximate surface area is 106 Å². The van der Waals surface area contributed by atoms with Crippen LogP contribution in [-0.2, 0) is 6.42 Å². The Hall–Kier alpha value is -1.46. The summed E-state index contributed by atoms with van der Waals surface area (Å²) in [5.41, 5.74) is 2.02. The molecule has 0 aliphatic carbocycles. The smallest absolute Gasteiger partial charge is 0.347 e. The zero-order chi connectivity index (χ0) is 12.4. The summed E-state index contributed by atoms with van der Waals surface area (Å²) in [6.45, 7) is 0. The Morgan fingerprint density at radius 3 is 2.94 bits per heavy atom. The topological polar surface area (TPSA) is 50.2 Å². The SMILES string of the molecule is O=C(O)c1scnc1Cc1c(F)cccc1Cl. The van der Waals surface area contributed by atoms with Crippen LogP contribution < -0.4 is 0 Å². The van der Waals surface area contributed by atoms with Gasteiger partial charge in [0.25, 0.3) is 0 Å². The van der Waals surface area contributed by atoms with Crippen LogP contribution in [0, 0.1) is 5.82 Å². The molecule has 3 nitrogen and oxygen atoms in total. The fourth-order valence-electron chi connectivity index (χ4n) is 1.44. The number of nitrogens with zero attached hydrogens (tertiary/aromatic N) is 1. The number of hydrogen-bond acceptors (Lipinski definition) is 3. The molecule has 0 atom stereocenters. The van der Waals surface area contributed by atoms with Gasteiger partial charge in [-0.3, -0.25) is 0 Å². The minimum atomic E-state index is -1.06. The average Bonchev–Trinajstić information content (AvgIpc) is 2.72. The standard InChI is InChI=1S/C11H7ClFNO2S/c12-7-2-1-3-8(13)6(7)4-9-10(11(15)16)17-5-14-9/h1-3,5H,4H2,(H,15,16). The molecule has 0 saturated carbocycles. The van der Waals surface area contributed by atoms with E-state index < -0.39 is 11.8 Å². The molecule has 0 radical (unpaired) electrons. The molecule has 6 heteroatoms. The van der Waals surface area contributed by atoms with Crippen molar-refractivity contribution in [3.05, 3.63) is 50.7 Å². The van der Waals surface area contributed by atoms with E-state index in [-0.39, 0.29) is 21.9 Å². The van der Waals surface area contributed by atoms with Gasteiger partial charge in [0, 0.05) is 17.0 Å². The van der Waals surface area contributed by atoms with Crippen molar-refractivity contribution in [2.24, 2.45) is 0 Å². The number of carboxylic acid groups (broad SMARTS) is 1. The molecule has 0 amide bonds. The van der Waals surface area contributed by atoms with E-state index in [9.17, 15) is 9.18 Å². The van der Waals surface area contributed by atoms with Gasteiger partial charge in [0.1, 0.15) is 10.7 Å². The maximum absolute atomic E-state index is 13.5. The van der Waals surface area contributed by atoms with E-state index >= 15 is 0 Å². The fourth-order valence-corrected chi connectivity index (χ4v) is 2.31. The second kappa shape index (κ2) is 4.81. The fraction of sp³-hybridized carbons (Fsp3) is 0.0909. The van der Waals surface area contributed by atoms with Crippen molar-refractivity contribution in [2.45, 2.75) is 6.42 Å². The van der Waals surface area contributed by atoms with Gasteiger partial charge in [-0.25, -0.2) is 14.2 Å². The summed E-state index contributed by atoms with van der Waals surface area (Å²) in [6.07, 6.45) is 0.0800. The highest BCUT2D eigenvalue weighted by atomic mass is 35.5. The van der Waals surface area contributed by atoms with Crippen LogP contribution in [0.5, 0.6) is 0 Å². The van der Waals surface area contributed by atoms with E-state index in [1.807, 2.05) is 0 Å². The minimum absolute atomic E-state index is 0.0800.